The van der Waals surface area contributed by atoms with Crippen LogP contribution in [0, 0.1) is 5.92 Å². The zero-order chi connectivity index (χ0) is 18.2. The first-order valence-corrected chi connectivity index (χ1v) is 9.43. The van der Waals surface area contributed by atoms with Crippen molar-refractivity contribution >= 4 is 27.0 Å². The number of hydrogen-bond acceptors (Lipinski definition) is 6. The third-order valence-electron chi connectivity index (χ3n) is 4.48. The molecule has 0 saturated carbocycles. The molecule has 7 nitrogen and oxygen atoms in total. The summed E-state index contributed by atoms with van der Waals surface area (Å²) in [6.45, 7) is 2.83. The summed E-state index contributed by atoms with van der Waals surface area (Å²) in [5.41, 5.74) is -0.445. The number of ether oxygens (including phenoxy) is 1. The normalized spacial score (nSPS) is 16.9. The Balaban J connectivity index is 2.07. The Morgan fingerprint density at radius 1 is 1.24 bits per heavy atom. The number of hydrogen-bond donors (Lipinski definition) is 0. The average molecular weight is 365 g/mol. The predicted octanol–water partition coefficient (Wildman–Crippen LogP) is 2.00. The Morgan fingerprint density at radius 3 is 2.56 bits per heavy atom. The number of esters is 1. The van der Waals surface area contributed by atoms with E-state index in [1.165, 1.54) is 35.7 Å². The maximum Gasteiger partial charge on any atom is 0.356 e. The van der Waals surface area contributed by atoms with Crippen LogP contribution in [-0.2, 0) is 14.8 Å². The molecule has 1 aromatic heterocycles. The summed E-state index contributed by atoms with van der Waals surface area (Å²) >= 11 is 0. The largest absolute Gasteiger partial charge is 0.465 e. The lowest BCUT2D eigenvalue weighted by Gasteiger charge is -2.29. The van der Waals surface area contributed by atoms with Crippen LogP contribution in [0.3, 0.4) is 0 Å². The van der Waals surface area contributed by atoms with Crippen molar-refractivity contribution in [1.82, 2.24) is 4.31 Å². The molecule has 0 N–H and O–H groups in total. The van der Waals surface area contributed by atoms with Crippen LogP contribution in [0.1, 0.15) is 30.1 Å². The molecule has 0 spiro atoms. The third-order valence-corrected chi connectivity index (χ3v) is 6.37. The number of carbonyl (C=O) groups excluding carboxylic acids is 1. The molecule has 1 fully saturated rings. The topological polar surface area (TPSA) is 93.9 Å². The summed E-state index contributed by atoms with van der Waals surface area (Å²) in [5, 5.41) is 0.353. The molecule has 0 atom stereocenters. The van der Waals surface area contributed by atoms with Gasteiger partial charge in [0.1, 0.15) is 5.58 Å². The molecule has 1 saturated heterocycles. The Morgan fingerprint density at radius 2 is 1.92 bits per heavy atom. The van der Waals surface area contributed by atoms with Crippen molar-refractivity contribution in [2.45, 2.75) is 24.7 Å². The van der Waals surface area contributed by atoms with E-state index in [0.29, 0.717) is 24.4 Å². The molecule has 0 radical (unpaired) electrons. The quantitative estimate of drug-likeness (QED) is 0.610. The predicted molar refractivity (Wildman–Crippen MR) is 91.0 cm³/mol. The highest BCUT2D eigenvalue weighted by molar-refractivity contribution is 7.89. The van der Waals surface area contributed by atoms with Gasteiger partial charge >= 0.3 is 11.6 Å². The second-order valence-corrected chi connectivity index (χ2v) is 8.14. The molecule has 3 rings (SSSR count). The van der Waals surface area contributed by atoms with Crippen molar-refractivity contribution in [2.24, 2.45) is 5.92 Å². The molecule has 8 heteroatoms. The summed E-state index contributed by atoms with van der Waals surface area (Å²) < 4.78 is 36.7. The molecule has 1 aromatic carbocycles. The summed E-state index contributed by atoms with van der Waals surface area (Å²) in [5.74, 6) is -0.0930. The van der Waals surface area contributed by atoms with Crippen LogP contribution in [0.4, 0.5) is 0 Å². The van der Waals surface area contributed by atoms with E-state index in [0.717, 1.165) is 12.8 Å². The van der Waals surface area contributed by atoms with Crippen LogP contribution in [0.25, 0.3) is 11.0 Å². The molecule has 0 bridgehead atoms. The number of carbonyl (C=O) groups is 1. The first-order chi connectivity index (χ1) is 11.8. The number of sulfonamides is 1. The lowest BCUT2D eigenvalue weighted by atomic mass is 10.0. The number of benzene rings is 1. The van der Waals surface area contributed by atoms with Gasteiger partial charge in [0, 0.05) is 18.5 Å². The molecule has 0 unspecified atom stereocenters. The minimum atomic E-state index is -3.94. The number of nitrogens with zero attached hydrogens (tertiary/aromatic N) is 1. The van der Waals surface area contributed by atoms with Crippen molar-refractivity contribution in [3.05, 3.63) is 40.2 Å². The van der Waals surface area contributed by atoms with Gasteiger partial charge in [-0.2, -0.15) is 4.31 Å². The summed E-state index contributed by atoms with van der Waals surface area (Å²) in [7, 11) is -2.68. The van der Waals surface area contributed by atoms with E-state index >= 15 is 0 Å². The molecule has 1 aliphatic rings. The minimum Gasteiger partial charge on any atom is -0.465 e. The maximum absolute atomic E-state index is 12.8. The molecule has 0 amide bonds. The van der Waals surface area contributed by atoms with E-state index in [1.54, 1.807) is 0 Å². The Bertz CT molecular complexity index is 970. The Labute approximate surface area is 145 Å². The molecular formula is C17H19NO6S. The lowest BCUT2D eigenvalue weighted by Crippen LogP contribution is -2.39. The molecule has 1 aliphatic heterocycles. The first kappa shape index (κ1) is 17.6. The monoisotopic (exact) mass is 365 g/mol. The first-order valence-electron chi connectivity index (χ1n) is 7.99. The fourth-order valence-corrected chi connectivity index (χ4v) is 4.39. The van der Waals surface area contributed by atoms with Crippen molar-refractivity contribution in [2.75, 3.05) is 20.2 Å². The second kappa shape index (κ2) is 6.61. The molecule has 0 aliphatic carbocycles. The Hall–Kier alpha value is -2.19. The molecule has 134 valence electrons. The van der Waals surface area contributed by atoms with Crippen LogP contribution < -0.4 is 5.63 Å². The third kappa shape index (κ3) is 3.32. The van der Waals surface area contributed by atoms with Gasteiger partial charge in [0.2, 0.25) is 10.0 Å². The van der Waals surface area contributed by atoms with Crippen LogP contribution in [0.15, 0.2) is 38.4 Å². The van der Waals surface area contributed by atoms with Crippen molar-refractivity contribution in [1.29, 1.82) is 0 Å². The highest BCUT2D eigenvalue weighted by Crippen LogP contribution is 2.24. The fraction of sp³-hybridized carbons (Fsp3) is 0.412. The maximum atomic E-state index is 12.8. The van der Waals surface area contributed by atoms with Gasteiger partial charge in [0.25, 0.3) is 0 Å². The number of fused-ring (bicyclic) bond motifs is 1. The van der Waals surface area contributed by atoms with E-state index in [-0.39, 0.29) is 11.1 Å². The van der Waals surface area contributed by atoms with E-state index in [1.807, 2.05) is 0 Å². The lowest BCUT2D eigenvalue weighted by molar-refractivity contribution is 0.0601. The minimum absolute atomic E-state index is 0.212. The smallest absolute Gasteiger partial charge is 0.356 e. The summed E-state index contributed by atoms with van der Waals surface area (Å²) in [6, 6.07) is 5.61. The molecule has 2 heterocycles. The van der Waals surface area contributed by atoms with Gasteiger partial charge in [-0.05, 0) is 43.0 Å². The van der Waals surface area contributed by atoms with Gasteiger partial charge in [0.15, 0.2) is 4.90 Å². The van der Waals surface area contributed by atoms with Crippen LogP contribution in [0.5, 0.6) is 0 Å². The van der Waals surface area contributed by atoms with E-state index < -0.39 is 26.5 Å². The standard InChI is InChI=1S/C17H19NO6S/c1-11-5-7-18(8-6-11)25(21,22)15-10-13-9-12(16(19)23-2)3-4-14(13)24-17(15)20/h3-4,9-11H,5-8H2,1-2H3. The average Bonchev–Trinajstić information content (AvgIpc) is 2.60. The van der Waals surface area contributed by atoms with Crippen LogP contribution in [-0.4, -0.2) is 38.9 Å². The van der Waals surface area contributed by atoms with Crippen LogP contribution in [0.2, 0.25) is 0 Å². The Kier molecular flexibility index (Phi) is 4.66. The van der Waals surface area contributed by atoms with Crippen molar-refractivity contribution in [3.8, 4) is 0 Å². The zero-order valence-corrected chi connectivity index (χ0v) is 14.8. The van der Waals surface area contributed by atoms with E-state index in [4.69, 9.17) is 4.42 Å². The SMILES string of the molecule is COC(=O)c1ccc2oc(=O)c(S(=O)(=O)N3CCC(C)CC3)cc2c1. The van der Waals surface area contributed by atoms with E-state index in [9.17, 15) is 18.0 Å². The van der Waals surface area contributed by atoms with Crippen molar-refractivity contribution < 1.29 is 22.4 Å². The highest BCUT2D eigenvalue weighted by Gasteiger charge is 2.31. The molecule has 25 heavy (non-hydrogen) atoms. The number of methoxy groups -OCH3 is 1. The zero-order valence-electron chi connectivity index (χ0n) is 14.0. The second-order valence-electron chi connectivity index (χ2n) is 6.23. The highest BCUT2D eigenvalue weighted by atomic mass is 32.2. The van der Waals surface area contributed by atoms with Gasteiger partial charge in [-0.3, -0.25) is 0 Å². The number of rotatable bonds is 3. The fourth-order valence-electron chi connectivity index (χ4n) is 2.89. The number of piperidine rings is 1. The van der Waals surface area contributed by atoms with Gasteiger partial charge in [-0.25, -0.2) is 18.0 Å². The van der Waals surface area contributed by atoms with Gasteiger partial charge in [-0.1, -0.05) is 6.92 Å². The summed E-state index contributed by atoms with van der Waals surface area (Å²) in [6.07, 6.45) is 1.51. The molecular weight excluding hydrogens is 346 g/mol. The van der Waals surface area contributed by atoms with E-state index in [2.05, 4.69) is 11.7 Å². The van der Waals surface area contributed by atoms with Gasteiger partial charge < -0.3 is 9.15 Å². The van der Waals surface area contributed by atoms with Gasteiger partial charge in [0.05, 0.1) is 12.7 Å². The van der Waals surface area contributed by atoms with Crippen LogP contribution >= 0.6 is 0 Å². The molecule has 2 aromatic rings. The van der Waals surface area contributed by atoms with Crippen molar-refractivity contribution in [3.63, 3.8) is 0 Å². The van der Waals surface area contributed by atoms with Gasteiger partial charge in [-0.15, -0.1) is 0 Å². The summed E-state index contributed by atoms with van der Waals surface area (Å²) in [4.78, 5) is 23.4.